The summed E-state index contributed by atoms with van der Waals surface area (Å²) >= 11 is 0. The molecular formula is C24H27F3N2O2. The number of alkyl halides is 3. The van der Waals surface area contributed by atoms with Gasteiger partial charge in [0, 0.05) is 19.1 Å². The summed E-state index contributed by atoms with van der Waals surface area (Å²) in [5, 5.41) is 0. The highest BCUT2D eigenvalue weighted by Gasteiger charge is 2.31. The van der Waals surface area contributed by atoms with E-state index in [9.17, 15) is 18.0 Å². The summed E-state index contributed by atoms with van der Waals surface area (Å²) in [4.78, 5) is 17.5. The van der Waals surface area contributed by atoms with Gasteiger partial charge in [0.15, 0.2) is 0 Å². The Balaban J connectivity index is 1.50. The molecular weight excluding hydrogens is 405 g/mol. The molecule has 0 unspecified atom stereocenters. The molecule has 4 nitrogen and oxygen atoms in total. The fraction of sp³-hybridized carbons (Fsp3) is 0.458. The third kappa shape index (κ3) is 4.71. The van der Waals surface area contributed by atoms with Crippen LogP contribution in [0.2, 0.25) is 0 Å². The van der Waals surface area contributed by atoms with Crippen molar-refractivity contribution in [2.24, 2.45) is 0 Å². The molecule has 2 aliphatic heterocycles. The number of hydrogen-bond donors (Lipinski definition) is 0. The lowest BCUT2D eigenvalue weighted by atomic mass is 9.99. The number of piperidine rings is 1. The lowest BCUT2D eigenvalue weighted by Gasteiger charge is -2.36. The first-order valence-corrected chi connectivity index (χ1v) is 10.8. The summed E-state index contributed by atoms with van der Waals surface area (Å²) in [5.41, 5.74) is 0.744. The molecule has 1 amide bonds. The number of carbonyl (C=O) groups excluding carboxylic acids is 1. The predicted molar refractivity (Wildman–Crippen MR) is 113 cm³/mol. The van der Waals surface area contributed by atoms with Crippen LogP contribution in [0, 0.1) is 0 Å². The number of halogens is 3. The van der Waals surface area contributed by atoms with Gasteiger partial charge in [-0.3, -0.25) is 4.79 Å². The maximum absolute atomic E-state index is 13.1. The van der Waals surface area contributed by atoms with Crippen LogP contribution < -0.4 is 4.74 Å². The Morgan fingerprint density at radius 3 is 2.29 bits per heavy atom. The molecule has 2 aromatic rings. The van der Waals surface area contributed by atoms with Gasteiger partial charge in [-0.05, 0) is 74.2 Å². The van der Waals surface area contributed by atoms with Gasteiger partial charge in [-0.1, -0.05) is 18.2 Å². The van der Waals surface area contributed by atoms with Crippen LogP contribution >= 0.6 is 0 Å². The monoisotopic (exact) mass is 432 g/mol. The molecule has 0 aliphatic carbocycles. The zero-order valence-corrected chi connectivity index (χ0v) is 17.6. The Labute approximate surface area is 180 Å². The molecule has 0 saturated carbocycles. The molecule has 2 heterocycles. The Morgan fingerprint density at radius 1 is 0.968 bits per heavy atom. The fourth-order valence-corrected chi connectivity index (χ4v) is 4.63. The van der Waals surface area contributed by atoms with E-state index in [4.69, 9.17) is 4.74 Å². The van der Waals surface area contributed by atoms with Crippen molar-refractivity contribution in [3.05, 3.63) is 53.6 Å². The van der Waals surface area contributed by atoms with Crippen LogP contribution in [0.25, 0.3) is 11.1 Å². The molecule has 0 radical (unpaired) electrons. The van der Waals surface area contributed by atoms with Crippen LogP contribution in [0.5, 0.6) is 5.75 Å². The molecule has 166 valence electrons. The van der Waals surface area contributed by atoms with Crippen molar-refractivity contribution in [2.45, 2.75) is 37.9 Å². The van der Waals surface area contributed by atoms with E-state index in [2.05, 4.69) is 4.90 Å². The maximum Gasteiger partial charge on any atom is 0.416 e. The maximum atomic E-state index is 13.1. The Morgan fingerprint density at radius 2 is 1.65 bits per heavy atom. The van der Waals surface area contributed by atoms with E-state index in [1.54, 1.807) is 24.3 Å². The summed E-state index contributed by atoms with van der Waals surface area (Å²) in [6, 6.07) is 10.7. The zero-order chi connectivity index (χ0) is 22.0. The summed E-state index contributed by atoms with van der Waals surface area (Å²) < 4.78 is 44.6. The highest BCUT2D eigenvalue weighted by molar-refractivity contribution is 5.97. The molecule has 0 spiro atoms. The van der Waals surface area contributed by atoms with E-state index < -0.39 is 11.7 Å². The van der Waals surface area contributed by atoms with E-state index in [1.165, 1.54) is 26.0 Å². The van der Waals surface area contributed by atoms with Crippen LogP contribution in [0.4, 0.5) is 13.2 Å². The highest BCUT2D eigenvalue weighted by Crippen LogP contribution is 2.34. The number of likely N-dealkylation sites (tertiary alicyclic amines) is 2. The normalized spacial score (nSPS) is 18.4. The van der Waals surface area contributed by atoms with E-state index in [1.807, 2.05) is 4.90 Å². The van der Waals surface area contributed by atoms with E-state index in [-0.39, 0.29) is 5.91 Å². The van der Waals surface area contributed by atoms with Gasteiger partial charge in [0.2, 0.25) is 0 Å². The van der Waals surface area contributed by atoms with Gasteiger partial charge in [-0.15, -0.1) is 0 Å². The van der Waals surface area contributed by atoms with Gasteiger partial charge in [-0.2, -0.15) is 13.2 Å². The number of carbonyl (C=O) groups is 1. The van der Waals surface area contributed by atoms with Crippen LogP contribution in [-0.4, -0.2) is 55.0 Å². The van der Waals surface area contributed by atoms with Crippen LogP contribution in [0.1, 0.15) is 41.6 Å². The lowest BCUT2D eigenvalue weighted by Crippen LogP contribution is -2.45. The molecule has 2 aromatic carbocycles. The minimum Gasteiger partial charge on any atom is -0.496 e. The number of nitrogens with zero attached hydrogens (tertiary/aromatic N) is 2. The average Bonchev–Trinajstić information content (AvgIpc) is 3.33. The third-order valence-electron chi connectivity index (χ3n) is 6.36. The van der Waals surface area contributed by atoms with Crippen LogP contribution in [0.15, 0.2) is 42.5 Å². The van der Waals surface area contributed by atoms with Gasteiger partial charge in [0.25, 0.3) is 5.91 Å². The number of amides is 1. The predicted octanol–water partition coefficient (Wildman–Crippen LogP) is 5.08. The summed E-state index contributed by atoms with van der Waals surface area (Å²) in [7, 11) is 1.47. The van der Waals surface area contributed by atoms with Crippen molar-refractivity contribution >= 4 is 5.91 Å². The van der Waals surface area contributed by atoms with Crippen LogP contribution in [0.3, 0.4) is 0 Å². The first kappa shape index (κ1) is 21.7. The lowest BCUT2D eigenvalue weighted by molar-refractivity contribution is -0.137. The minimum absolute atomic E-state index is 0.0904. The van der Waals surface area contributed by atoms with Crippen molar-refractivity contribution in [1.29, 1.82) is 0 Å². The number of ether oxygens (including phenoxy) is 1. The standard InChI is InChI=1S/C24H27F3N2O2/c1-31-22-16-18(17-5-4-6-19(15-17)24(25,26)27)7-8-21(22)23(30)29-13-9-20(10-14-29)28-11-2-3-12-28/h4-8,15-16,20H,2-3,9-14H2,1H3. The SMILES string of the molecule is COc1cc(-c2cccc(C(F)(F)F)c2)ccc1C(=O)N1CCC(N2CCCC2)CC1. The van der Waals surface area contributed by atoms with Crippen molar-refractivity contribution in [2.75, 3.05) is 33.3 Å². The van der Waals surface area contributed by atoms with Gasteiger partial charge in [0.05, 0.1) is 18.2 Å². The molecule has 2 fully saturated rings. The zero-order valence-electron chi connectivity index (χ0n) is 17.6. The van der Waals surface area contributed by atoms with E-state index in [0.717, 1.165) is 38.1 Å². The topological polar surface area (TPSA) is 32.8 Å². The second-order valence-electron chi connectivity index (χ2n) is 8.26. The first-order chi connectivity index (χ1) is 14.9. The molecule has 31 heavy (non-hydrogen) atoms. The largest absolute Gasteiger partial charge is 0.496 e. The molecule has 0 atom stereocenters. The molecule has 0 aromatic heterocycles. The van der Waals surface area contributed by atoms with Gasteiger partial charge in [-0.25, -0.2) is 0 Å². The summed E-state index contributed by atoms with van der Waals surface area (Å²) in [6.45, 7) is 3.73. The quantitative estimate of drug-likeness (QED) is 0.675. The molecule has 0 bridgehead atoms. The fourth-order valence-electron chi connectivity index (χ4n) is 4.63. The van der Waals surface area contributed by atoms with Crippen molar-refractivity contribution < 1.29 is 22.7 Å². The van der Waals surface area contributed by atoms with Gasteiger partial charge < -0.3 is 14.5 Å². The first-order valence-electron chi connectivity index (χ1n) is 10.8. The summed E-state index contributed by atoms with van der Waals surface area (Å²) in [5.74, 6) is 0.286. The van der Waals surface area contributed by atoms with E-state index in [0.29, 0.717) is 41.6 Å². The highest BCUT2D eigenvalue weighted by atomic mass is 19.4. The van der Waals surface area contributed by atoms with Gasteiger partial charge >= 0.3 is 6.18 Å². The second-order valence-corrected chi connectivity index (χ2v) is 8.26. The second kappa shape index (κ2) is 8.91. The van der Waals surface area contributed by atoms with Crippen LogP contribution in [-0.2, 0) is 6.18 Å². The number of benzene rings is 2. The molecule has 2 saturated heterocycles. The van der Waals surface area contributed by atoms with E-state index >= 15 is 0 Å². The van der Waals surface area contributed by atoms with Crippen molar-refractivity contribution in [3.63, 3.8) is 0 Å². The number of rotatable bonds is 4. The Kier molecular flexibility index (Phi) is 6.23. The average molecular weight is 432 g/mol. The minimum atomic E-state index is -4.41. The molecule has 0 N–H and O–H groups in total. The summed E-state index contributed by atoms with van der Waals surface area (Å²) in [6.07, 6.45) is 0.0487. The smallest absolute Gasteiger partial charge is 0.416 e. The van der Waals surface area contributed by atoms with Gasteiger partial charge in [0.1, 0.15) is 5.75 Å². The molecule has 4 rings (SSSR count). The molecule has 2 aliphatic rings. The Bertz CT molecular complexity index is 931. The van der Waals surface area contributed by atoms with Crippen molar-refractivity contribution in [3.8, 4) is 16.9 Å². The van der Waals surface area contributed by atoms with Crippen molar-refractivity contribution in [1.82, 2.24) is 9.80 Å². The Hall–Kier alpha value is -2.54. The number of hydrogen-bond acceptors (Lipinski definition) is 3. The number of methoxy groups -OCH3 is 1. The molecule has 7 heteroatoms. The third-order valence-corrected chi connectivity index (χ3v) is 6.36.